The maximum atomic E-state index is 11.3. The molecule has 0 bridgehead atoms. The fraction of sp³-hybridized carbons (Fsp3) is 0.727. The first-order valence-corrected chi connectivity index (χ1v) is 6.76. The van der Waals surface area contributed by atoms with Crippen molar-refractivity contribution >= 4 is 17.7 Å². The average Bonchev–Trinajstić information content (AvgIpc) is 2.67. The number of esters is 1. The molecule has 1 aromatic heterocycles. The summed E-state index contributed by atoms with van der Waals surface area (Å²) in [6.07, 6.45) is 0.425. The normalized spacial score (nSPS) is 10.8. The van der Waals surface area contributed by atoms with Crippen LogP contribution in [0.25, 0.3) is 0 Å². The van der Waals surface area contributed by atoms with Gasteiger partial charge in [-0.1, -0.05) is 19.0 Å². The molecule has 0 spiro atoms. The van der Waals surface area contributed by atoms with Crippen LogP contribution in [0.3, 0.4) is 0 Å². The molecule has 96 valence electrons. The standard InChI is InChI=1S/C11H18N2O3S/c1-8(2)7-17-5-4-11(14)15-6-10-12-9(3)16-13-10/h8H,4-7H2,1-3H3. The highest BCUT2D eigenvalue weighted by Crippen LogP contribution is 2.09. The zero-order chi connectivity index (χ0) is 12.7. The lowest BCUT2D eigenvalue weighted by molar-refractivity contribution is -0.144. The van der Waals surface area contributed by atoms with E-state index in [-0.39, 0.29) is 12.6 Å². The largest absolute Gasteiger partial charge is 0.457 e. The van der Waals surface area contributed by atoms with Crippen LogP contribution in [0.1, 0.15) is 32.0 Å². The molecule has 17 heavy (non-hydrogen) atoms. The van der Waals surface area contributed by atoms with Crippen molar-refractivity contribution in [3.63, 3.8) is 0 Å². The summed E-state index contributed by atoms with van der Waals surface area (Å²) >= 11 is 1.76. The van der Waals surface area contributed by atoms with Crippen LogP contribution in [0.5, 0.6) is 0 Å². The Labute approximate surface area is 105 Å². The molecule has 0 unspecified atom stereocenters. The van der Waals surface area contributed by atoms with E-state index in [2.05, 4.69) is 24.0 Å². The van der Waals surface area contributed by atoms with Crippen LogP contribution in [-0.2, 0) is 16.1 Å². The average molecular weight is 258 g/mol. The molecule has 0 N–H and O–H groups in total. The third kappa shape index (κ3) is 6.31. The van der Waals surface area contributed by atoms with Crippen LogP contribution >= 0.6 is 11.8 Å². The first kappa shape index (κ1) is 14.0. The predicted octanol–water partition coefficient (Wildman–Crippen LogP) is 2.20. The molecule has 0 fully saturated rings. The van der Waals surface area contributed by atoms with E-state index in [1.165, 1.54) is 0 Å². The highest BCUT2D eigenvalue weighted by Gasteiger charge is 2.07. The molecule has 0 atom stereocenters. The maximum Gasteiger partial charge on any atom is 0.307 e. The molecule has 1 heterocycles. The van der Waals surface area contributed by atoms with Gasteiger partial charge < -0.3 is 9.26 Å². The summed E-state index contributed by atoms with van der Waals surface area (Å²) in [6.45, 7) is 6.10. The number of hydrogen-bond acceptors (Lipinski definition) is 6. The number of carbonyl (C=O) groups excluding carboxylic acids is 1. The molecule has 6 heteroatoms. The number of hydrogen-bond donors (Lipinski definition) is 0. The van der Waals surface area contributed by atoms with Crippen molar-refractivity contribution in [1.82, 2.24) is 10.1 Å². The van der Waals surface area contributed by atoms with E-state index in [4.69, 9.17) is 9.26 Å². The Hall–Kier alpha value is -1.04. The Morgan fingerprint density at radius 2 is 2.29 bits per heavy atom. The Balaban J connectivity index is 2.09. The summed E-state index contributed by atoms with van der Waals surface area (Å²) in [5.41, 5.74) is 0. The van der Waals surface area contributed by atoms with Crippen LogP contribution in [0.4, 0.5) is 0 Å². The van der Waals surface area contributed by atoms with Crippen LogP contribution in [0.2, 0.25) is 0 Å². The zero-order valence-electron chi connectivity index (χ0n) is 10.4. The van der Waals surface area contributed by atoms with Gasteiger partial charge in [0.15, 0.2) is 6.61 Å². The second-order valence-corrected chi connectivity index (χ2v) is 5.26. The summed E-state index contributed by atoms with van der Waals surface area (Å²) < 4.78 is 9.78. The molecule has 0 amide bonds. The highest BCUT2D eigenvalue weighted by atomic mass is 32.2. The zero-order valence-corrected chi connectivity index (χ0v) is 11.2. The van der Waals surface area contributed by atoms with Gasteiger partial charge in [-0.25, -0.2) is 0 Å². The van der Waals surface area contributed by atoms with E-state index >= 15 is 0 Å². The number of aryl methyl sites for hydroxylation is 1. The van der Waals surface area contributed by atoms with Gasteiger partial charge in [-0.2, -0.15) is 16.7 Å². The van der Waals surface area contributed by atoms with Gasteiger partial charge in [-0.3, -0.25) is 4.79 Å². The van der Waals surface area contributed by atoms with Gasteiger partial charge in [0, 0.05) is 12.7 Å². The van der Waals surface area contributed by atoms with Crippen LogP contribution < -0.4 is 0 Å². The van der Waals surface area contributed by atoms with Crippen molar-refractivity contribution in [3.05, 3.63) is 11.7 Å². The van der Waals surface area contributed by atoms with E-state index in [1.54, 1.807) is 18.7 Å². The molecule has 0 aliphatic heterocycles. The summed E-state index contributed by atoms with van der Waals surface area (Å²) in [4.78, 5) is 15.3. The van der Waals surface area contributed by atoms with Crippen LogP contribution in [0.15, 0.2) is 4.52 Å². The maximum absolute atomic E-state index is 11.3. The second kappa shape index (κ2) is 7.32. The third-order valence-electron chi connectivity index (χ3n) is 1.83. The number of ether oxygens (including phenoxy) is 1. The molecule has 0 aromatic carbocycles. The molecule has 5 nitrogen and oxygen atoms in total. The number of carbonyl (C=O) groups is 1. The van der Waals surface area contributed by atoms with Crippen molar-refractivity contribution in [2.75, 3.05) is 11.5 Å². The number of nitrogens with zero attached hydrogens (tertiary/aromatic N) is 2. The van der Waals surface area contributed by atoms with E-state index in [0.717, 1.165) is 11.5 Å². The first-order chi connectivity index (χ1) is 8.08. The lowest BCUT2D eigenvalue weighted by Gasteiger charge is -2.04. The Bertz CT molecular complexity index is 352. The van der Waals surface area contributed by atoms with Gasteiger partial charge in [0.1, 0.15) is 0 Å². The van der Waals surface area contributed by atoms with Crippen LogP contribution in [0, 0.1) is 12.8 Å². The van der Waals surface area contributed by atoms with Gasteiger partial charge in [0.25, 0.3) is 0 Å². The molecule has 0 aliphatic rings. The second-order valence-electron chi connectivity index (χ2n) is 4.11. The smallest absolute Gasteiger partial charge is 0.307 e. The fourth-order valence-corrected chi connectivity index (χ4v) is 2.04. The molecule has 0 radical (unpaired) electrons. The fourth-order valence-electron chi connectivity index (χ4n) is 1.09. The number of rotatable bonds is 7. The number of aromatic nitrogens is 2. The van der Waals surface area contributed by atoms with Crippen molar-refractivity contribution in [2.45, 2.75) is 33.8 Å². The Morgan fingerprint density at radius 3 is 2.88 bits per heavy atom. The van der Waals surface area contributed by atoms with Crippen molar-refractivity contribution < 1.29 is 14.1 Å². The van der Waals surface area contributed by atoms with Crippen molar-refractivity contribution in [2.24, 2.45) is 5.92 Å². The van der Waals surface area contributed by atoms with Crippen molar-refractivity contribution in [1.29, 1.82) is 0 Å². The minimum Gasteiger partial charge on any atom is -0.457 e. The molecule has 1 aromatic rings. The minimum atomic E-state index is -0.219. The highest BCUT2D eigenvalue weighted by molar-refractivity contribution is 7.99. The van der Waals surface area contributed by atoms with Crippen molar-refractivity contribution in [3.8, 4) is 0 Å². The molecule has 0 saturated carbocycles. The van der Waals surface area contributed by atoms with E-state index < -0.39 is 0 Å². The monoisotopic (exact) mass is 258 g/mol. The quantitative estimate of drug-likeness (QED) is 0.552. The molecular weight excluding hydrogens is 240 g/mol. The van der Waals surface area contributed by atoms with Gasteiger partial charge >= 0.3 is 5.97 Å². The predicted molar refractivity (Wildman–Crippen MR) is 65.6 cm³/mol. The van der Waals surface area contributed by atoms with Gasteiger partial charge in [-0.05, 0) is 11.7 Å². The summed E-state index contributed by atoms with van der Waals surface area (Å²) in [5, 5.41) is 3.64. The number of thioether (sulfide) groups is 1. The van der Waals surface area contributed by atoms with Gasteiger partial charge in [0.2, 0.25) is 11.7 Å². The first-order valence-electron chi connectivity index (χ1n) is 5.60. The molecule has 0 saturated heterocycles. The minimum absolute atomic E-state index is 0.0883. The van der Waals surface area contributed by atoms with E-state index in [9.17, 15) is 4.79 Å². The van der Waals surface area contributed by atoms with Gasteiger partial charge in [-0.15, -0.1) is 0 Å². The van der Waals surface area contributed by atoms with E-state index in [0.29, 0.717) is 24.1 Å². The summed E-state index contributed by atoms with van der Waals surface area (Å²) in [5.74, 6) is 3.18. The Kier molecular flexibility index (Phi) is 6.04. The lowest BCUT2D eigenvalue weighted by Crippen LogP contribution is -2.07. The van der Waals surface area contributed by atoms with E-state index in [1.807, 2.05) is 0 Å². The SMILES string of the molecule is Cc1nc(COC(=O)CCSCC(C)C)no1. The third-order valence-corrected chi connectivity index (χ3v) is 3.23. The molecule has 1 rings (SSSR count). The van der Waals surface area contributed by atoms with Crippen LogP contribution in [-0.4, -0.2) is 27.6 Å². The lowest BCUT2D eigenvalue weighted by atomic mass is 10.3. The summed E-state index contributed by atoms with van der Waals surface area (Å²) in [7, 11) is 0. The molecule has 0 aliphatic carbocycles. The van der Waals surface area contributed by atoms with Gasteiger partial charge in [0.05, 0.1) is 6.42 Å². The molecular formula is C11H18N2O3S. The topological polar surface area (TPSA) is 65.2 Å². The summed E-state index contributed by atoms with van der Waals surface area (Å²) in [6, 6.07) is 0. The Morgan fingerprint density at radius 1 is 1.53 bits per heavy atom.